The molecular weight excluding hydrogens is 649 g/mol. The summed E-state index contributed by atoms with van der Waals surface area (Å²) in [4.78, 5) is 0. The van der Waals surface area contributed by atoms with Crippen LogP contribution in [-0.4, -0.2) is 0 Å². The van der Waals surface area contributed by atoms with Crippen LogP contribution in [0.4, 0.5) is 0 Å². The quantitative estimate of drug-likeness (QED) is 0.0542. The summed E-state index contributed by atoms with van der Waals surface area (Å²) in [5.74, 6) is 1.01. The monoisotopic (exact) mass is 758 g/mol. The third-order valence-electron chi connectivity index (χ3n) is 13.0. The minimum Gasteiger partial charge on any atom is -0.0654 e. The molecule has 0 aliphatic rings. The highest BCUT2D eigenvalue weighted by molar-refractivity contribution is 4.63. The van der Waals surface area contributed by atoms with E-state index in [0.29, 0.717) is 0 Å². The summed E-state index contributed by atoms with van der Waals surface area (Å²) in [7, 11) is 0. The van der Waals surface area contributed by atoms with E-state index in [1.54, 1.807) is 0 Å². The molecule has 0 aliphatic carbocycles. The lowest BCUT2D eigenvalue weighted by atomic mass is 9.89. The minimum atomic E-state index is 1.01. The van der Waals surface area contributed by atoms with Gasteiger partial charge in [0.25, 0.3) is 0 Å². The van der Waals surface area contributed by atoms with Gasteiger partial charge >= 0.3 is 0 Å². The van der Waals surface area contributed by atoms with E-state index in [4.69, 9.17) is 0 Å². The van der Waals surface area contributed by atoms with Crippen molar-refractivity contribution in [1.29, 1.82) is 0 Å². The Morgan fingerprint density at radius 3 is 0.519 bits per heavy atom. The van der Waals surface area contributed by atoms with Gasteiger partial charge in [0.1, 0.15) is 0 Å². The molecule has 1 radical (unpaired) electrons. The molecule has 0 rings (SSSR count). The molecule has 0 aromatic carbocycles. The molecule has 54 heavy (non-hydrogen) atoms. The van der Waals surface area contributed by atoms with Crippen LogP contribution < -0.4 is 0 Å². The zero-order chi connectivity index (χ0) is 38.9. The first-order chi connectivity index (χ1) is 26.8. The number of rotatable bonds is 50. The summed E-state index contributed by atoms with van der Waals surface area (Å²) in [6.07, 6.45) is 73.6. The Morgan fingerprint density at radius 2 is 0.352 bits per heavy atom. The molecule has 1 atom stereocenters. The fraction of sp³-hybridized carbons (Fsp3) is 0.981. The van der Waals surface area contributed by atoms with Crippen LogP contribution in [0.25, 0.3) is 0 Å². The number of hydrogen-bond donors (Lipinski definition) is 0. The van der Waals surface area contributed by atoms with E-state index in [2.05, 4.69) is 20.8 Å². The van der Waals surface area contributed by atoms with Crippen molar-refractivity contribution in [2.75, 3.05) is 0 Å². The Labute approximate surface area is 346 Å². The second-order valence-corrected chi connectivity index (χ2v) is 18.6. The van der Waals surface area contributed by atoms with Crippen LogP contribution in [0, 0.1) is 12.8 Å². The summed E-state index contributed by atoms with van der Waals surface area (Å²) in [6, 6.07) is 0. The summed E-state index contributed by atoms with van der Waals surface area (Å²) in [6.45, 7) is 8.73. The maximum Gasteiger partial charge on any atom is -0.0414 e. The number of unbranched alkanes of at least 4 members (excludes halogenated alkanes) is 44. The van der Waals surface area contributed by atoms with Gasteiger partial charge in [0.2, 0.25) is 0 Å². The van der Waals surface area contributed by atoms with Crippen molar-refractivity contribution in [2.24, 2.45) is 5.92 Å². The Kier molecular flexibility index (Phi) is 51.0. The highest BCUT2D eigenvalue weighted by atomic mass is 14.1. The van der Waals surface area contributed by atoms with Crippen LogP contribution in [0.2, 0.25) is 0 Å². The van der Waals surface area contributed by atoms with Gasteiger partial charge in [-0.2, -0.15) is 0 Å². The van der Waals surface area contributed by atoms with Crippen molar-refractivity contribution in [2.45, 2.75) is 335 Å². The van der Waals surface area contributed by atoms with Crippen molar-refractivity contribution >= 4 is 0 Å². The summed E-state index contributed by atoms with van der Waals surface area (Å²) < 4.78 is 0. The average Bonchev–Trinajstić information content (AvgIpc) is 3.18. The molecule has 0 heterocycles. The highest BCUT2D eigenvalue weighted by Crippen LogP contribution is 2.25. The molecule has 0 aromatic rings. The Hall–Kier alpha value is 0. The molecule has 0 aliphatic heterocycles. The van der Waals surface area contributed by atoms with Crippen molar-refractivity contribution < 1.29 is 0 Å². The highest BCUT2D eigenvalue weighted by Gasteiger charge is 2.09. The fourth-order valence-electron chi connectivity index (χ4n) is 9.13. The van der Waals surface area contributed by atoms with Crippen molar-refractivity contribution in [1.82, 2.24) is 0 Å². The van der Waals surface area contributed by atoms with Gasteiger partial charge in [0.15, 0.2) is 0 Å². The maximum atomic E-state index is 4.10. The first kappa shape index (κ1) is 54.0. The molecule has 0 nitrogen and oxygen atoms in total. The van der Waals surface area contributed by atoms with Gasteiger partial charge < -0.3 is 0 Å². The standard InChI is InChI=1S/C54H109/c1-4-7-10-12-14-16-18-20-22-24-26-28-29-30-31-33-35-37-39-41-43-45-47-50-53-54(51-48-9-6-3)52-49-46-44-42-40-38-36-34-32-27-25-23-21-19-17-15-13-11-8-5-2/h54H,3-53H2,1-2H3. The van der Waals surface area contributed by atoms with Crippen LogP contribution in [0.3, 0.4) is 0 Å². The molecule has 0 saturated heterocycles. The van der Waals surface area contributed by atoms with Crippen molar-refractivity contribution in [3.63, 3.8) is 0 Å². The van der Waals surface area contributed by atoms with E-state index < -0.39 is 0 Å². The summed E-state index contributed by atoms with van der Waals surface area (Å²) >= 11 is 0. The van der Waals surface area contributed by atoms with E-state index >= 15 is 0 Å². The first-order valence-electron chi connectivity index (χ1n) is 26.6. The fourth-order valence-corrected chi connectivity index (χ4v) is 9.13. The molecule has 0 aromatic heterocycles. The predicted molar refractivity (Wildman–Crippen MR) is 251 cm³/mol. The van der Waals surface area contributed by atoms with Gasteiger partial charge in [-0.05, 0) is 5.92 Å². The minimum absolute atomic E-state index is 1.01. The molecule has 0 amide bonds. The Bertz CT molecular complexity index is 607. The lowest BCUT2D eigenvalue weighted by Crippen LogP contribution is -2.01. The van der Waals surface area contributed by atoms with Crippen molar-refractivity contribution in [3.05, 3.63) is 6.92 Å². The van der Waals surface area contributed by atoms with Crippen molar-refractivity contribution in [3.8, 4) is 0 Å². The largest absolute Gasteiger partial charge is 0.0654 e. The second-order valence-electron chi connectivity index (χ2n) is 18.6. The molecule has 0 fully saturated rings. The van der Waals surface area contributed by atoms with Gasteiger partial charge in [0.05, 0.1) is 0 Å². The molecule has 0 N–H and O–H groups in total. The zero-order valence-electron chi connectivity index (χ0n) is 38.6. The molecule has 1 unspecified atom stereocenters. The molecular formula is C54H109. The first-order valence-corrected chi connectivity index (χ1v) is 26.6. The molecule has 0 saturated carbocycles. The summed E-state index contributed by atoms with van der Waals surface area (Å²) in [5.41, 5.74) is 0. The molecule has 0 bridgehead atoms. The van der Waals surface area contributed by atoms with E-state index in [-0.39, 0.29) is 0 Å². The van der Waals surface area contributed by atoms with E-state index in [1.165, 1.54) is 315 Å². The smallest absolute Gasteiger partial charge is 0.0414 e. The second kappa shape index (κ2) is 51.0. The van der Waals surface area contributed by atoms with E-state index in [0.717, 1.165) is 12.3 Å². The van der Waals surface area contributed by atoms with Gasteiger partial charge in [-0.25, -0.2) is 0 Å². The summed E-state index contributed by atoms with van der Waals surface area (Å²) in [5, 5.41) is 0. The van der Waals surface area contributed by atoms with Crippen LogP contribution in [-0.2, 0) is 0 Å². The number of hydrogen-bond acceptors (Lipinski definition) is 0. The molecule has 0 heteroatoms. The third kappa shape index (κ3) is 48.1. The normalized spacial score (nSPS) is 12.3. The van der Waals surface area contributed by atoms with Gasteiger partial charge in [-0.15, -0.1) is 0 Å². The van der Waals surface area contributed by atoms with Crippen LogP contribution >= 0.6 is 0 Å². The van der Waals surface area contributed by atoms with E-state index in [9.17, 15) is 0 Å². The van der Waals surface area contributed by atoms with E-state index in [1.807, 2.05) is 0 Å². The maximum absolute atomic E-state index is 4.10. The molecule has 0 spiro atoms. The van der Waals surface area contributed by atoms with Gasteiger partial charge in [-0.3, -0.25) is 0 Å². The lowest BCUT2D eigenvalue weighted by molar-refractivity contribution is 0.368. The predicted octanol–water partition coefficient (Wildman–Crippen LogP) is 21.0. The zero-order valence-corrected chi connectivity index (χ0v) is 38.6. The Balaban J connectivity index is 3.45. The molecule has 325 valence electrons. The average molecular weight is 758 g/mol. The lowest BCUT2D eigenvalue weighted by Gasteiger charge is -2.17. The Morgan fingerprint density at radius 1 is 0.204 bits per heavy atom. The van der Waals surface area contributed by atoms with Gasteiger partial charge in [0, 0.05) is 0 Å². The van der Waals surface area contributed by atoms with Crippen LogP contribution in [0.15, 0.2) is 0 Å². The van der Waals surface area contributed by atoms with Crippen LogP contribution in [0.5, 0.6) is 0 Å². The third-order valence-corrected chi connectivity index (χ3v) is 13.0. The van der Waals surface area contributed by atoms with Crippen LogP contribution in [0.1, 0.15) is 335 Å². The SMILES string of the molecule is [CH2]CCCCC(CCCCCCCCCCCCCCCCCCCCCC)CCCCCCCCCCCCCCCCCCCCCCCCCC. The van der Waals surface area contributed by atoms with Gasteiger partial charge in [-0.1, -0.05) is 342 Å². The topological polar surface area (TPSA) is 0 Å².